The quantitative estimate of drug-likeness (QED) is 0.536. The van der Waals surface area contributed by atoms with Crippen LogP contribution in [0.15, 0.2) is 35.1 Å². The molecule has 0 unspecified atom stereocenters. The molecule has 1 aliphatic rings. The number of hydrogen-bond donors (Lipinski definition) is 3. The normalized spacial score (nSPS) is 15.3. The Morgan fingerprint density at radius 1 is 1.37 bits per heavy atom. The number of hydrogen-bond acceptors (Lipinski definition) is 6. The van der Waals surface area contributed by atoms with E-state index in [1.807, 2.05) is 13.0 Å². The highest BCUT2D eigenvalue weighted by molar-refractivity contribution is 5.88. The fourth-order valence-electron chi connectivity index (χ4n) is 3.68. The van der Waals surface area contributed by atoms with Gasteiger partial charge < -0.3 is 14.8 Å². The molecule has 0 aliphatic carbocycles. The number of imidazole rings is 1. The van der Waals surface area contributed by atoms with Crippen molar-refractivity contribution in [3.05, 3.63) is 47.9 Å². The maximum Gasteiger partial charge on any atom is 0.320 e. The first-order chi connectivity index (χ1) is 14.6. The summed E-state index contributed by atoms with van der Waals surface area (Å²) < 4.78 is 19.9. The Morgan fingerprint density at radius 3 is 2.90 bits per heavy atom. The predicted molar refractivity (Wildman–Crippen MR) is 108 cm³/mol. The molecule has 30 heavy (non-hydrogen) atoms. The molecule has 3 N–H and O–H groups in total. The second-order valence-corrected chi connectivity index (χ2v) is 7.23. The molecule has 9 nitrogen and oxygen atoms in total. The van der Waals surface area contributed by atoms with Crippen molar-refractivity contribution in [1.82, 2.24) is 30.3 Å². The predicted octanol–water partition coefficient (Wildman–Crippen LogP) is 3.12. The van der Waals surface area contributed by atoms with Gasteiger partial charge in [-0.05, 0) is 44.8 Å². The third-order valence-corrected chi connectivity index (χ3v) is 5.16. The van der Waals surface area contributed by atoms with Crippen LogP contribution in [0.2, 0.25) is 0 Å². The number of likely N-dealkylation sites (tertiary alicyclic amines) is 1. The number of anilines is 1. The maximum absolute atomic E-state index is 14.6. The van der Waals surface area contributed by atoms with E-state index in [1.165, 1.54) is 0 Å². The zero-order valence-electron chi connectivity index (χ0n) is 16.7. The van der Waals surface area contributed by atoms with Crippen LogP contribution < -0.4 is 10.6 Å². The van der Waals surface area contributed by atoms with Crippen molar-refractivity contribution >= 4 is 11.8 Å². The summed E-state index contributed by atoms with van der Waals surface area (Å²) in [5, 5.41) is 9.13. The summed E-state index contributed by atoms with van der Waals surface area (Å²) in [5.41, 5.74) is 1.15. The summed E-state index contributed by atoms with van der Waals surface area (Å²) in [4.78, 5) is 24.9. The second kappa shape index (κ2) is 9.04. The van der Waals surface area contributed by atoms with Gasteiger partial charge in [0.25, 0.3) is 0 Å². The number of amides is 2. The molecule has 4 heterocycles. The van der Waals surface area contributed by atoms with Gasteiger partial charge in [0.2, 0.25) is 5.95 Å². The van der Waals surface area contributed by atoms with E-state index in [2.05, 4.69) is 35.6 Å². The number of urea groups is 1. The van der Waals surface area contributed by atoms with E-state index < -0.39 is 5.95 Å². The number of halogens is 1. The number of aromatic nitrogens is 4. The van der Waals surface area contributed by atoms with Crippen LogP contribution in [0.1, 0.15) is 37.0 Å². The van der Waals surface area contributed by atoms with Crippen molar-refractivity contribution in [3.63, 3.8) is 0 Å². The molecule has 0 bridgehead atoms. The Labute approximate surface area is 173 Å². The van der Waals surface area contributed by atoms with Gasteiger partial charge in [-0.15, -0.1) is 0 Å². The van der Waals surface area contributed by atoms with E-state index in [-0.39, 0.29) is 11.9 Å². The summed E-state index contributed by atoms with van der Waals surface area (Å²) in [6.45, 7) is 4.59. The Bertz CT molecular complexity index is 981. The van der Waals surface area contributed by atoms with Gasteiger partial charge in [-0.1, -0.05) is 11.2 Å². The van der Waals surface area contributed by atoms with Crippen LogP contribution in [0.3, 0.4) is 0 Å². The van der Waals surface area contributed by atoms with Gasteiger partial charge in [-0.3, -0.25) is 10.2 Å². The number of carbonyl (C=O) groups is 1. The second-order valence-electron chi connectivity index (χ2n) is 7.23. The zero-order chi connectivity index (χ0) is 20.9. The lowest BCUT2D eigenvalue weighted by Gasteiger charge is -2.31. The van der Waals surface area contributed by atoms with Gasteiger partial charge in [0.05, 0.1) is 6.54 Å². The number of piperidine rings is 1. The smallest absolute Gasteiger partial charge is 0.320 e. The van der Waals surface area contributed by atoms with Crippen molar-refractivity contribution in [2.24, 2.45) is 0 Å². The largest absolute Gasteiger partial charge is 0.358 e. The molecule has 1 aliphatic heterocycles. The SMILES string of the molecule is CCNC(=O)Nc1cc(CN2CCC(c3ccc(-c4ncc[nH]4)nc3F)CC2)on1. The third-order valence-electron chi connectivity index (χ3n) is 5.16. The standard InChI is InChI=1S/C20H24FN7O2/c1-2-22-20(29)26-17-11-14(30-27-17)12-28-9-5-13(6-10-28)15-3-4-16(25-18(15)21)19-23-7-8-24-19/h3-4,7-8,11,13H,2,5-6,9-10,12H2,1H3,(H,23,24)(H2,22,26,27,29). The van der Waals surface area contributed by atoms with E-state index in [1.54, 1.807) is 24.5 Å². The fourth-order valence-corrected chi connectivity index (χ4v) is 3.68. The fraction of sp³-hybridized carbons (Fsp3) is 0.400. The van der Waals surface area contributed by atoms with Crippen LogP contribution in [0, 0.1) is 5.95 Å². The Balaban J connectivity index is 1.31. The molecule has 4 rings (SSSR count). The molecule has 10 heteroatoms. The van der Waals surface area contributed by atoms with Crippen LogP contribution in [0.25, 0.3) is 11.5 Å². The average molecular weight is 413 g/mol. The molecule has 3 aromatic heterocycles. The summed E-state index contributed by atoms with van der Waals surface area (Å²) in [7, 11) is 0. The zero-order valence-corrected chi connectivity index (χ0v) is 16.7. The molecule has 3 aromatic rings. The summed E-state index contributed by atoms with van der Waals surface area (Å²) in [6, 6.07) is 5.03. The van der Waals surface area contributed by atoms with Crippen molar-refractivity contribution < 1.29 is 13.7 Å². The minimum atomic E-state index is -0.432. The van der Waals surface area contributed by atoms with Crippen molar-refractivity contribution in [2.75, 3.05) is 25.0 Å². The van der Waals surface area contributed by atoms with Gasteiger partial charge >= 0.3 is 6.03 Å². The number of aromatic amines is 1. The summed E-state index contributed by atoms with van der Waals surface area (Å²) in [6.07, 6.45) is 4.96. The molecule has 0 aromatic carbocycles. The van der Waals surface area contributed by atoms with Gasteiger partial charge in [0.15, 0.2) is 17.4 Å². The maximum atomic E-state index is 14.6. The van der Waals surface area contributed by atoms with Gasteiger partial charge in [0, 0.05) is 30.6 Å². The molecule has 0 saturated carbocycles. The number of rotatable bonds is 6. The van der Waals surface area contributed by atoms with Crippen LogP contribution in [-0.2, 0) is 6.54 Å². The monoisotopic (exact) mass is 413 g/mol. The summed E-state index contributed by atoms with van der Waals surface area (Å²) >= 11 is 0. The van der Waals surface area contributed by atoms with Crippen molar-refractivity contribution in [3.8, 4) is 11.5 Å². The number of H-pyrrole nitrogens is 1. The molecular formula is C20H24FN7O2. The van der Waals surface area contributed by atoms with Crippen molar-refractivity contribution in [2.45, 2.75) is 32.2 Å². The average Bonchev–Trinajstić information content (AvgIpc) is 3.41. The molecule has 1 fully saturated rings. The highest BCUT2D eigenvalue weighted by Gasteiger charge is 2.25. The highest BCUT2D eigenvalue weighted by Crippen LogP contribution is 2.31. The van der Waals surface area contributed by atoms with Gasteiger partial charge in [-0.25, -0.2) is 14.8 Å². The number of carbonyl (C=O) groups excluding carboxylic acids is 1. The minimum Gasteiger partial charge on any atom is -0.358 e. The van der Waals surface area contributed by atoms with Crippen molar-refractivity contribution in [1.29, 1.82) is 0 Å². The molecule has 0 radical (unpaired) electrons. The third kappa shape index (κ3) is 4.65. The Morgan fingerprint density at radius 2 is 2.20 bits per heavy atom. The van der Waals surface area contributed by atoms with Crippen LogP contribution in [0.4, 0.5) is 15.0 Å². The van der Waals surface area contributed by atoms with E-state index in [0.717, 1.165) is 25.9 Å². The molecule has 1 saturated heterocycles. The van der Waals surface area contributed by atoms with E-state index in [4.69, 9.17) is 4.52 Å². The Hall–Kier alpha value is -3.27. The lowest BCUT2D eigenvalue weighted by molar-refractivity contribution is 0.183. The topological polar surface area (TPSA) is 112 Å². The van der Waals surface area contributed by atoms with Crippen LogP contribution in [-0.4, -0.2) is 50.7 Å². The molecular weight excluding hydrogens is 389 g/mol. The Kier molecular flexibility index (Phi) is 6.03. The lowest BCUT2D eigenvalue weighted by Crippen LogP contribution is -2.32. The van der Waals surface area contributed by atoms with Crippen LogP contribution >= 0.6 is 0 Å². The molecule has 0 atom stereocenters. The number of nitrogens with one attached hydrogen (secondary N) is 3. The molecule has 158 valence electrons. The summed E-state index contributed by atoms with van der Waals surface area (Å²) in [5.74, 6) is 1.32. The van der Waals surface area contributed by atoms with E-state index >= 15 is 0 Å². The highest BCUT2D eigenvalue weighted by atomic mass is 19.1. The van der Waals surface area contributed by atoms with E-state index in [9.17, 15) is 9.18 Å². The van der Waals surface area contributed by atoms with Crippen LogP contribution in [0.5, 0.6) is 0 Å². The first-order valence-electron chi connectivity index (χ1n) is 10.0. The lowest BCUT2D eigenvalue weighted by atomic mass is 9.90. The molecule has 2 amide bonds. The van der Waals surface area contributed by atoms with Gasteiger partial charge in [0.1, 0.15) is 5.69 Å². The van der Waals surface area contributed by atoms with E-state index in [0.29, 0.717) is 41.7 Å². The number of pyridine rings is 1. The number of nitrogens with zero attached hydrogens (tertiary/aromatic N) is 4. The molecule has 0 spiro atoms. The first-order valence-corrected chi connectivity index (χ1v) is 10.0. The first kappa shape index (κ1) is 20.0. The van der Waals surface area contributed by atoms with Gasteiger partial charge in [-0.2, -0.15) is 4.39 Å². The minimum absolute atomic E-state index is 0.129.